The molecule has 7 nitrogen and oxygen atoms in total. The van der Waals surface area contributed by atoms with E-state index in [0.29, 0.717) is 36.1 Å². The molecule has 0 aliphatic carbocycles. The van der Waals surface area contributed by atoms with E-state index in [-0.39, 0.29) is 5.78 Å². The van der Waals surface area contributed by atoms with E-state index in [9.17, 15) is 4.79 Å². The second-order valence-electron chi connectivity index (χ2n) is 9.39. The summed E-state index contributed by atoms with van der Waals surface area (Å²) in [4.78, 5) is 17.7. The standard InChI is InChI=1S/C31H34N2O5/c1-5-33(6-2)23-10-7-21(8-11-23)18-29-30(34)24-12-14-26-25(31(24)38-29)19-32(20-37-26)16-15-22-9-13-27(35-3)28(17-22)36-4/h7-14,17-18H,5-6,15-16,19-20H2,1-4H3/b29-18-. The predicted octanol–water partition coefficient (Wildman–Crippen LogP) is 5.56. The van der Waals surface area contributed by atoms with Gasteiger partial charge < -0.3 is 23.8 Å². The van der Waals surface area contributed by atoms with E-state index in [0.717, 1.165) is 54.2 Å². The molecule has 0 saturated carbocycles. The zero-order valence-corrected chi connectivity index (χ0v) is 22.5. The zero-order chi connectivity index (χ0) is 26.6. The van der Waals surface area contributed by atoms with E-state index in [1.807, 2.05) is 42.5 Å². The van der Waals surface area contributed by atoms with Gasteiger partial charge in [0.25, 0.3) is 0 Å². The fourth-order valence-electron chi connectivity index (χ4n) is 4.99. The van der Waals surface area contributed by atoms with Crippen molar-refractivity contribution in [3.05, 3.63) is 82.6 Å². The number of nitrogens with zero attached hydrogens (tertiary/aromatic N) is 2. The summed E-state index contributed by atoms with van der Waals surface area (Å²) in [7, 11) is 3.28. The molecule has 3 aromatic rings. The minimum Gasteiger partial charge on any atom is -0.493 e. The van der Waals surface area contributed by atoms with Crippen LogP contribution in [0.4, 0.5) is 5.69 Å². The number of anilines is 1. The van der Waals surface area contributed by atoms with Crippen LogP contribution in [0.1, 0.15) is 40.9 Å². The number of allylic oxidation sites excluding steroid dienone is 1. The summed E-state index contributed by atoms with van der Waals surface area (Å²) >= 11 is 0. The van der Waals surface area contributed by atoms with E-state index < -0.39 is 0 Å². The highest BCUT2D eigenvalue weighted by atomic mass is 16.5. The molecule has 2 aliphatic rings. The van der Waals surface area contributed by atoms with Gasteiger partial charge in [-0.2, -0.15) is 0 Å². The third kappa shape index (κ3) is 5.07. The molecule has 0 N–H and O–H groups in total. The largest absolute Gasteiger partial charge is 0.493 e. The summed E-state index contributed by atoms with van der Waals surface area (Å²) in [6.45, 7) is 8.10. The van der Waals surface area contributed by atoms with Gasteiger partial charge in [0.2, 0.25) is 5.78 Å². The second kappa shape index (κ2) is 11.2. The van der Waals surface area contributed by atoms with Gasteiger partial charge in [-0.3, -0.25) is 9.69 Å². The number of methoxy groups -OCH3 is 2. The number of ketones is 1. The van der Waals surface area contributed by atoms with Crippen molar-refractivity contribution in [1.82, 2.24) is 4.90 Å². The molecular formula is C31H34N2O5. The molecular weight excluding hydrogens is 480 g/mol. The fraction of sp³-hybridized carbons (Fsp3) is 0.323. The maximum absolute atomic E-state index is 13.2. The molecule has 3 aromatic carbocycles. The molecule has 0 radical (unpaired) electrons. The van der Waals surface area contributed by atoms with Crippen molar-refractivity contribution < 1.29 is 23.7 Å². The highest BCUT2D eigenvalue weighted by molar-refractivity contribution is 6.15. The number of carbonyl (C=O) groups is 1. The van der Waals surface area contributed by atoms with Gasteiger partial charge in [-0.05, 0) is 73.9 Å². The van der Waals surface area contributed by atoms with Crippen LogP contribution in [0.25, 0.3) is 6.08 Å². The maximum Gasteiger partial charge on any atom is 0.231 e. The molecule has 0 aromatic heterocycles. The first kappa shape index (κ1) is 25.7. The van der Waals surface area contributed by atoms with Crippen molar-refractivity contribution in [3.8, 4) is 23.0 Å². The monoisotopic (exact) mass is 514 g/mol. The van der Waals surface area contributed by atoms with Crippen molar-refractivity contribution in [2.24, 2.45) is 0 Å². The quantitative estimate of drug-likeness (QED) is 0.347. The SMILES string of the molecule is CCN(CC)c1ccc(/C=C2\Oc3c(ccc4c3CN(CCc3ccc(OC)c(OC)c3)CO4)C2=O)cc1. The molecule has 0 fully saturated rings. The third-order valence-corrected chi connectivity index (χ3v) is 7.17. The average molecular weight is 515 g/mol. The van der Waals surface area contributed by atoms with Gasteiger partial charge in [-0.1, -0.05) is 18.2 Å². The minimum absolute atomic E-state index is 0.0990. The van der Waals surface area contributed by atoms with Gasteiger partial charge in [-0.15, -0.1) is 0 Å². The Bertz CT molecular complexity index is 1350. The first-order valence-corrected chi connectivity index (χ1v) is 13.1. The molecule has 0 saturated heterocycles. The lowest BCUT2D eigenvalue weighted by Crippen LogP contribution is -2.33. The summed E-state index contributed by atoms with van der Waals surface area (Å²) < 4.78 is 23.0. The summed E-state index contributed by atoms with van der Waals surface area (Å²) in [5.74, 6) is 3.05. The van der Waals surface area contributed by atoms with E-state index >= 15 is 0 Å². The Kier molecular flexibility index (Phi) is 7.56. The molecule has 0 amide bonds. The Morgan fingerprint density at radius 3 is 2.45 bits per heavy atom. The van der Waals surface area contributed by atoms with Gasteiger partial charge in [-0.25, -0.2) is 0 Å². The molecule has 2 heterocycles. The lowest BCUT2D eigenvalue weighted by Gasteiger charge is -2.29. The summed E-state index contributed by atoms with van der Waals surface area (Å²) in [5, 5.41) is 0. The number of carbonyl (C=O) groups excluding carboxylic acids is 1. The van der Waals surface area contributed by atoms with E-state index in [1.54, 1.807) is 20.3 Å². The van der Waals surface area contributed by atoms with Gasteiger partial charge in [0.1, 0.15) is 18.2 Å². The van der Waals surface area contributed by atoms with E-state index in [4.69, 9.17) is 18.9 Å². The Hall–Kier alpha value is -3.97. The highest BCUT2D eigenvalue weighted by Gasteiger charge is 2.33. The summed E-state index contributed by atoms with van der Waals surface area (Å²) in [6.07, 6.45) is 2.64. The van der Waals surface area contributed by atoms with E-state index in [1.165, 1.54) is 5.69 Å². The molecule has 7 heteroatoms. The van der Waals surface area contributed by atoms with Crippen LogP contribution in [-0.4, -0.2) is 51.3 Å². The number of ether oxygens (including phenoxy) is 4. The van der Waals surface area contributed by atoms with Crippen LogP contribution >= 0.6 is 0 Å². The van der Waals surface area contributed by atoms with Gasteiger partial charge in [0, 0.05) is 31.9 Å². The molecule has 0 atom stereocenters. The van der Waals surface area contributed by atoms with Gasteiger partial charge in [0.15, 0.2) is 17.3 Å². The number of hydrogen-bond acceptors (Lipinski definition) is 7. The van der Waals surface area contributed by atoms with Crippen LogP contribution in [0.5, 0.6) is 23.0 Å². The fourth-order valence-corrected chi connectivity index (χ4v) is 4.99. The van der Waals surface area contributed by atoms with Crippen molar-refractivity contribution in [2.75, 3.05) is 45.5 Å². The van der Waals surface area contributed by atoms with Crippen LogP contribution in [0.2, 0.25) is 0 Å². The first-order valence-electron chi connectivity index (χ1n) is 13.1. The number of rotatable bonds is 9. The summed E-state index contributed by atoms with van der Waals surface area (Å²) in [5.41, 5.74) is 4.74. The smallest absolute Gasteiger partial charge is 0.231 e. The lowest BCUT2D eigenvalue weighted by molar-refractivity contribution is 0.0949. The van der Waals surface area contributed by atoms with Crippen molar-refractivity contribution in [3.63, 3.8) is 0 Å². The van der Waals surface area contributed by atoms with Gasteiger partial charge >= 0.3 is 0 Å². The number of hydrogen-bond donors (Lipinski definition) is 0. The van der Waals surface area contributed by atoms with Gasteiger partial charge in [0.05, 0.1) is 25.3 Å². The van der Waals surface area contributed by atoms with E-state index in [2.05, 4.69) is 35.8 Å². The first-order chi connectivity index (χ1) is 18.5. The maximum atomic E-state index is 13.2. The van der Waals surface area contributed by atoms with Crippen LogP contribution in [0.3, 0.4) is 0 Å². The molecule has 5 rings (SSSR count). The van der Waals surface area contributed by atoms with Crippen LogP contribution in [-0.2, 0) is 13.0 Å². The predicted molar refractivity (Wildman–Crippen MR) is 149 cm³/mol. The lowest BCUT2D eigenvalue weighted by atomic mass is 10.0. The molecule has 38 heavy (non-hydrogen) atoms. The Morgan fingerprint density at radius 2 is 1.74 bits per heavy atom. The molecule has 0 spiro atoms. The second-order valence-corrected chi connectivity index (χ2v) is 9.39. The topological polar surface area (TPSA) is 60.5 Å². The molecule has 0 bridgehead atoms. The molecule has 0 unspecified atom stereocenters. The van der Waals surface area contributed by atoms with Crippen LogP contribution in [0, 0.1) is 0 Å². The number of benzene rings is 3. The average Bonchev–Trinajstić information content (AvgIpc) is 3.28. The Balaban J connectivity index is 1.30. The third-order valence-electron chi connectivity index (χ3n) is 7.17. The summed E-state index contributed by atoms with van der Waals surface area (Å²) in [6, 6.07) is 17.9. The molecule has 2 aliphatic heterocycles. The van der Waals surface area contributed by atoms with Crippen molar-refractivity contribution in [1.29, 1.82) is 0 Å². The minimum atomic E-state index is -0.0990. The normalized spacial score (nSPS) is 15.5. The van der Waals surface area contributed by atoms with Crippen molar-refractivity contribution in [2.45, 2.75) is 26.8 Å². The zero-order valence-electron chi connectivity index (χ0n) is 22.5. The van der Waals surface area contributed by atoms with Crippen molar-refractivity contribution >= 4 is 17.5 Å². The highest BCUT2D eigenvalue weighted by Crippen LogP contribution is 2.42. The number of Topliss-reactive ketones (excluding diaryl/α,β-unsaturated/α-hetero) is 1. The molecule has 198 valence electrons. The van der Waals surface area contributed by atoms with Crippen LogP contribution < -0.4 is 23.8 Å². The Morgan fingerprint density at radius 1 is 0.974 bits per heavy atom. The van der Waals surface area contributed by atoms with Crippen LogP contribution in [0.15, 0.2) is 60.4 Å². The Labute approximate surface area is 224 Å². The number of fused-ring (bicyclic) bond motifs is 3.